The molecule has 1 heterocycles. The first-order valence-corrected chi connectivity index (χ1v) is 12.9. The van der Waals surface area contributed by atoms with Crippen molar-refractivity contribution in [3.63, 3.8) is 0 Å². The molecule has 0 radical (unpaired) electrons. The van der Waals surface area contributed by atoms with Gasteiger partial charge in [-0.25, -0.2) is 8.42 Å². The number of hydrogen-bond acceptors (Lipinski definition) is 3. The van der Waals surface area contributed by atoms with Crippen LogP contribution in [0.1, 0.15) is 41.6 Å². The number of sulfonamides is 1. The van der Waals surface area contributed by atoms with Gasteiger partial charge in [0.15, 0.2) is 0 Å². The molecule has 0 saturated carbocycles. The van der Waals surface area contributed by atoms with Gasteiger partial charge in [0.25, 0.3) is 0 Å². The minimum Gasteiger partial charge on any atom is -0.497 e. The normalized spacial score (nSPS) is 20.8. The van der Waals surface area contributed by atoms with E-state index in [1.165, 1.54) is 22.3 Å². The minimum atomic E-state index is -3.68. The standard InChI is InChI=1S/C28H29NO3S/c1-19-8-15-24(16-9-19)33(30,31)29-18-20(2)27-25-7-5-4-6-21(25)12-17-26(27)28(29)22-10-13-23(32-3)14-11-22/h4-11,13-16,20,28H,12,17-18H2,1-3H3/t20-,28?/m0/s1. The summed E-state index contributed by atoms with van der Waals surface area (Å²) in [6.07, 6.45) is 1.78. The lowest BCUT2D eigenvalue weighted by Gasteiger charge is -2.43. The summed E-state index contributed by atoms with van der Waals surface area (Å²) in [6, 6.07) is 23.2. The molecule has 0 fully saturated rings. The Kier molecular flexibility index (Phi) is 5.63. The molecule has 1 aliphatic heterocycles. The summed E-state index contributed by atoms with van der Waals surface area (Å²) in [5.74, 6) is 0.871. The summed E-state index contributed by atoms with van der Waals surface area (Å²) in [4.78, 5) is 0.346. The highest BCUT2D eigenvalue weighted by Crippen LogP contribution is 2.49. The third kappa shape index (κ3) is 3.79. The molecule has 5 heteroatoms. The van der Waals surface area contributed by atoms with Crippen molar-refractivity contribution in [2.75, 3.05) is 13.7 Å². The van der Waals surface area contributed by atoms with Crippen molar-refractivity contribution in [2.24, 2.45) is 5.92 Å². The Bertz CT molecular complexity index is 1310. The quantitative estimate of drug-likeness (QED) is 0.496. The van der Waals surface area contributed by atoms with Crippen molar-refractivity contribution >= 4 is 15.6 Å². The van der Waals surface area contributed by atoms with Crippen molar-refractivity contribution in [2.45, 2.75) is 37.6 Å². The summed E-state index contributed by atoms with van der Waals surface area (Å²) in [5, 5.41) is 0. The lowest BCUT2D eigenvalue weighted by molar-refractivity contribution is 0.310. The summed E-state index contributed by atoms with van der Waals surface area (Å²) in [5.41, 5.74) is 7.18. The molecule has 2 atom stereocenters. The number of hydrogen-bond donors (Lipinski definition) is 0. The largest absolute Gasteiger partial charge is 0.497 e. The lowest BCUT2D eigenvalue weighted by Crippen LogP contribution is -2.43. The predicted molar refractivity (Wildman–Crippen MR) is 132 cm³/mol. The molecule has 0 saturated heterocycles. The molecule has 170 valence electrons. The number of methoxy groups -OCH3 is 1. The van der Waals surface area contributed by atoms with E-state index in [0.29, 0.717) is 11.4 Å². The second-order valence-electron chi connectivity index (χ2n) is 9.06. The molecule has 4 nitrogen and oxygen atoms in total. The fourth-order valence-electron chi connectivity index (χ4n) is 5.32. The number of ether oxygens (including phenoxy) is 1. The Morgan fingerprint density at radius 2 is 1.61 bits per heavy atom. The SMILES string of the molecule is COc1ccc(C2C3=C(c4ccccc4CC3)[C@@H](C)CN2S(=O)(=O)c2ccc(C)cc2)cc1. The maximum absolute atomic E-state index is 13.9. The van der Waals surface area contributed by atoms with Crippen LogP contribution in [0.4, 0.5) is 0 Å². The lowest BCUT2D eigenvalue weighted by atomic mass is 9.74. The highest BCUT2D eigenvalue weighted by Gasteiger charge is 2.42. The zero-order valence-corrected chi connectivity index (χ0v) is 20.1. The van der Waals surface area contributed by atoms with E-state index in [0.717, 1.165) is 29.7 Å². The van der Waals surface area contributed by atoms with Crippen LogP contribution in [0.5, 0.6) is 5.75 Å². The zero-order chi connectivity index (χ0) is 23.2. The average Bonchev–Trinajstić information content (AvgIpc) is 2.84. The monoisotopic (exact) mass is 459 g/mol. The van der Waals surface area contributed by atoms with Gasteiger partial charge in [-0.15, -0.1) is 0 Å². The first-order valence-electron chi connectivity index (χ1n) is 11.4. The van der Waals surface area contributed by atoms with Crippen molar-refractivity contribution < 1.29 is 13.2 Å². The van der Waals surface area contributed by atoms with Gasteiger partial charge in [-0.1, -0.05) is 61.0 Å². The van der Waals surface area contributed by atoms with Gasteiger partial charge in [0, 0.05) is 6.54 Å². The van der Waals surface area contributed by atoms with Gasteiger partial charge >= 0.3 is 0 Å². The van der Waals surface area contributed by atoms with E-state index in [9.17, 15) is 8.42 Å². The average molecular weight is 460 g/mol. The topological polar surface area (TPSA) is 46.6 Å². The Balaban J connectivity index is 1.70. The van der Waals surface area contributed by atoms with E-state index in [1.807, 2.05) is 43.3 Å². The van der Waals surface area contributed by atoms with Crippen LogP contribution in [0.15, 0.2) is 83.3 Å². The van der Waals surface area contributed by atoms with Gasteiger partial charge in [0.2, 0.25) is 10.0 Å². The van der Waals surface area contributed by atoms with E-state index in [-0.39, 0.29) is 12.0 Å². The van der Waals surface area contributed by atoms with Gasteiger partial charge < -0.3 is 4.74 Å². The molecular weight excluding hydrogens is 430 g/mol. The number of fused-ring (bicyclic) bond motifs is 2. The van der Waals surface area contributed by atoms with Crippen LogP contribution in [0.25, 0.3) is 5.57 Å². The highest BCUT2D eigenvalue weighted by atomic mass is 32.2. The fraction of sp³-hybridized carbons (Fsp3) is 0.286. The molecule has 3 aromatic carbocycles. The summed E-state index contributed by atoms with van der Waals surface area (Å²) < 4.78 is 35.0. The molecule has 33 heavy (non-hydrogen) atoms. The second kappa shape index (κ2) is 8.47. The molecule has 0 amide bonds. The van der Waals surface area contributed by atoms with E-state index < -0.39 is 10.0 Å². The molecule has 0 bridgehead atoms. The Morgan fingerprint density at radius 1 is 0.909 bits per heavy atom. The molecule has 0 spiro atoms. The predicted octanol–water partition coefficient (Wildman–Crippen LogP) is 5.79. The number of nitrogens with zero attached hydrogens (tertiary/aromatic N) is 1. The van der Waals surface area contributed by atoms with Crippen molar-refractivity contribution in [1.82, 2.24) is 4.31 Å². The van der Waals surface area contributed by atoms with E-state index in [2.05, 4.69) is 31.2 Å². The molecule has 0 aromatic heterocycles. The second-order valence-corrected chi connectivity index (χ2v) is 11.0. The van der Waals surface area contributed by atoms with Gasteiger partial charge in [-0.05, 0) is 77.8 Å². The number of rotatable bonds is 4. The van der Waals surface area contributed by atoms with Crippen molar-refractivity contribution in [1.29, 1.82) is 0 Å². The van der Waals surface area contributed by atoms with Gasteiger partial charge in [0.1, 0.15) is 5.75 Å². The van der Waals surface area contributed by atoms with Crippen LogP contribution in [-0.4, -0.2) is 26.4 Å². The Hall–Kier alpha value is -2.89. The van der Waals surface area contributed by atoms with Crippen LogP contribution in [0.3, 0.4) is 0 Å². The Labute approximate surface area is 196 Å². The molecule has 0 N–H and O–H groups in total. The Morgan fingerprint density at radius 3 is 2.30 bits per heavy atom. The third-order valence-electron chi connectivity index (χ3n) is 6.94. The summed E-state index contributed by atoms with van der Waals surface area (Å²) >= 11 is 0. The first kappa shape index (κ1) is 21.9. The van der Waals surface area contributed by atoms with Crippen LogP contribution in [0, 0.1) is 12.8 Å². The first-order chi connectivity index (χ1) is 15.9. The van der Waals surface area contributed by atoms with E-state index in [1.54, 1.807) is 23.5 Å². The van der Waals surface area contributed by atoms with E-state index >= 15 is 0 Å². The van der Waals surface area contributed by atoms with Gasteiger partial charge in [-0.3, -0.25) is 0 Å². The van der Waals surface area contributed by atoms with Gasteiger partial charge in [-0.2, -0.15) is 4.31 Å². The van der Waals surface area contributed by atoms with Crippen LogP contribution >= 0.6 is 0 Å². The zero-order valence-electron chi connectivity index (χ0n) is 19.3. The summed E-state index contributed by atoms with van der Waals surface area (Å²) in [7, 11) is -2.04. The molecule has 1 aliphatic carbocycles. The molecule has 2 aliphatic rings. The van der Waals surface area contributed by atoms with Crippen LogP contribution < -0.4 is 4.74 Å². The van der Waals surface area contributed by atoms with E-state index in [4.69, 9.17) is 4.74 Å². The minimum absolute atomic E-state index is 0.108. The summed E-state index contributed by atoms with van der Waals surface area (Å²) in [6.45, 7) is 4.56. The van der Waals surface area contributed by atoms with Crippen molar-refractivity contribution in [3.05, 3.63) is 101 Å². The third-order valence-corrected chi connectivity index (χ3v) is 8.79. The van der Waals surface area contributed by atoms with Gasteiger partial charge in [0.05, 0.1) is 18.0 Å². The molecule has 1 unspecified atom stereocenters. The maximum atomic E-state index is 13.9. The molecule has 3 aromatic rings. The van der Waals surface area contributed by atoms with Crippen LogP contribution in [0.2, 0.25) is 0 Å². The number of benzene rings is 3. The van der Waals surface area contributed by atoms with Crippen LogP contribution in [-0.2, 0) is 16.4 Å². The van der Waals surface area contributed by atoms with Crippen molar-refractivity contribution in [3.8, 4) is 5.75 Å². The molecular formula is C28H29NO3S. The number of aryl methyl sites for hydroxylation is 2. The fourth-order valence-corrected chi connectivity index (χ4v) is 7.02. The molecule has 5 rings (SSSR count). The smallest absolute Gasteiger partial charge is 0.243 e. The maximum Gasteiger partial charge on any atom is 0.243 e. The highest BCUT2D eigenvalue weighted by molar-refractivity contribution is 7.89.